The third kappa shape index (κ3) is 5.06. The summed E-state index contributed by atoms with van der Waals surface area (Å²) >= 11 is 1.30. The van der Waals surface area contributed by atoms with Crippen molar-refractivity contribution in [2.75, 3.05) is 19.0 Å². The summed E-state index contributed by atoms with van der Waals surface area (Å²) in [6, 6.07) is 14.9. The first-order valence-electron chi connectivity index (χ1n) is 9.19. The predicted octanol–water partition coefficient (Wildman–Crippen LogP) is 4.15. The zero-order valence-corrected chi connectivity index (χ0v) is 17.2. The summed E-state index contributed by atoms with van der Waals surface area (Å²) in [5.74, 6) is 0.174. The molecule has 0 bridgehead atoms. The Morgan fingerprint density at radius 2 is 2.00 bits per heavy atom. The third-order valence-electron chi connectivity index (χ3n) is 4.34. The van der Waals surface area contributed by atoms with Crippen LogP contribution in [0.1, 0.15) is 12.0 Å². The third-order valence-corrected chi connectivity index (χ3v) is 5.52. The minimum Gasteiger partial charge on any atom is -0.495 e. The molecule has 2 aromatic carbocycles. The molecule has 1 aliphatic rings. The summed E-state index contributed by atoms with van der Waals surface area (Å²) in [5, 5.41) is 2.86. The van der Waals surface area contributed by atoms with Gasteiger partial charge in [0.25, 0.3) is 0 Å². The lowest BCUT2D eigenvalue weighted by Gasteiger charge is -2.14. The molecule has 2 amide bonds. The van der Waals surface area contributed by atoms with Crippen LogP contribution in [-0.4, -0.2) is 40.8 Å². The highest BCUT2D eigenvalue weighted by Gasteiger charge is 2.38. The zero-order chi connectivity index (χ0) is 20.8. The average Bonchev–Trinajstić information content (AvgIpc) is 2.99. The number of carbonyl (C=O) groups is 2. The van der Waals surface area contributed by atoms with Gasteiger partial charge in [-0.1, -0.05) is 47.7 Å². The van der Waals surface area contributed by atoms with Crippen LogP contribution in [0.3, 0.4) is 0 Å². The Morgan fingerprint density at radius 1 is 1.28 bits per heavy atom. The molecule has 0 aromatic heterocycles. The summed E-state index contributed by atoms with van der Waals surface area (Å²) < 4.78 is 5.25. The Hall–Kier alpha value is -3.06. The first-order valence-corrected chi connectivity index (χ1v) is 10.1. The first-order chi connectivity index (χ1) is 14.0. The highest BCUT2D eigenvalue weighted by atomic mass is 32.2. The molecular weight excluding hydrogens is 386 g/mol. The van der Waals surface area contributed by atoms with Gasteiger partial charge < -0.3 is 10.1 Å². The van der Waals surface area contributed by atoms with E-state index in [0.717, 1.165) is 11.3 Å². The van der Waals surface area contributed by atoms with Crippen molar-refractivity contribution in [3.8, 4) is 5.75 Å². The number of nitrogens with zero attached hydrogens (tertiary/aromatic N) is 2. The fourth-order valence-electron chi connectivity index (χ4n) is 2.87. The van der Waals surface area contributed by atoms with Gasteiger partial charge >= 0.3 is 0 Å². The van der Waals surface area contributed by atoms with Gasteiger partial charge in [0.2, 0.25) is 11.8 Å². The second kappa shape index (κ2) is 9.43. The molecule has 2 aromatic rings. The normalized spacial score (nSPS) is 17.4. The second-order valence-electron chi connectivity index (χ2n) is 6.53. The van der Waals surface area contributed by atoms with E-state index < -0.39 is 5.25 Å². The molecule has 1 aliphatic heterocycles. The molecule has 0 aliphatic carbocycles. The van der Waals surface area contributed by atoms with Crippen molar-refractivity contribution in [1.82, 2.24) is 4.90 Å². The predicted molar refractivity (Wildman–Crippen MR) is 118 cm³/mol. The molecule has 7 heteroatoms. The molecule has 0 unspecified atom stereocenters. The number of hydrogen-bond acceptors (Lipinski definition) is 5. The molecule has 0 saturated carbocycles. The standard InChI is InChI=1S/C22H23N3O3S/c1-4-13-25-21(27)19(29-22(25)23-16-11-9-15(2)10-12-16)14-20(26)24-17-7-5-6-8-18(17)28-3/h4-12,19H,1,13-14H2,2-3H3,(H,24,26)/t19-/m0/s1. The molecule has 1 fully saturated rings. The molecule has 1 N–H and O–H groups in total. The Balaban J connectivity index is 1.74. The van der Waals surface area contributed by atoms with Crippen LogP contribution in [0.5, 0.6) is 5.75 Å². The van der Waals surface area contributed by atoms with E-state index in [4.69, 9.17) is 4.74 Å². The van der Waals surface area contributed by atoms with Gasteiger partial charge in [-0.15, -0.1) is 6.58 Å². The minimum absolute atomic E-state index is 0.0438. The molecular formula is C22H23N3O3S. The highest BCUT2D eigenvalue weighted by Crippen LogP contribution is 2.32. The lowest BCUT2D eigenvalue weighted by atomic mass is 10.2. The summed E-state index contributed by atoms with van der Waals surface area (Å²) in [7, 11) is 1.54. The van der Waals surface area contributed by atoms with Gasteiger partial charge in [0.05, 0.1) is 18.5 Å². The largest absolute Gasteiger partial charge is 0.495 e. The van der Waals surface area contributed by atoms with Gasteiger partial charge in [0.1, 0.15) is 11.0 Å². The number of hydrogen-bond donors (Lipinski definition) is 1. The molecule has 6 nitrogen and oxygen atoms in total. The van der Waals surface area contributed by atoms with Gasteiger partial charge in [-0.25, -0.2) is 4.99 Å². The van der Waals surface area contributed by atoms with E-state index in [-0.39, 0.29) is 18.2 Å². The highest BCUT2D eigenvalue weighted by molar-refractivity contribution is 8.15. The van der Waals surface area contributed by atoms with Crippen molar-refractivity contribution in [2.24, 2.45) is 4.99 Å². The van der Waals surface area contributed by atoms with Crippen molar-refractivity contribution in [1.29, 1.82) is 0 Å². The maximum atomic E-state index is 12.8. The van der Waals surface area contributed by atoms with E-state index in [9.17, 15) is 9.59 Å². The molecule has 0 spiro atoms. The van der Waals surface area contributed by atoms with Crippen LogP contribution in [0.4, 0.5) is 11.4 Å². The van der Waals surface area contributed by atoms with E-state index in [1.165, 1.54) is 11.8 Å². The van der Waals surface area contributed by atoms with Crippen molar-refractivity contribution < 1.29 is 14.3 Å². The van der Waals surface area contributed by atoms with Crippen molar-refractivity contribution >= 4 is 40.1 Å². The molecule has 1 saturated heterocycles. The summed E-state index contributed by atoms with van der Waals surface area (Å²) in [4.78, 5) is 31.5. The number of amidine groups is 1. The van der Waals surface area contributed by atoms with Gasteiger partial charge in [-0.2, -0.15) is 0 Å². The smallest absolute Gasteiger partial charge is 0.242 e. The number of amides is 2. The summed E-state index contributed by atoms with van der Waals surface area (Å²) in [6.07, 6.45) is 1.70. The number of rotatable bonds is 7. The van der Waals surface area contributed by atoms with Crippen LogP contribution in [-0.2, 0) is 9.59 Å². The average molecular weight is 410 g/mol. The van der Waals surface area contributed by atoms with Crippen molar-refractivity contribution in [3.63, 3.8) is 0 Å². The van der Waals surface area contributed by atoms with Crippen LogP contribution < -0.4 is 10.1 Å². The number of carbonyl (C=O) groups excluding carboxylic acids is 2. The molecule has 1 atom stereocenters. The lowest BCUT2D eigenvalue weighted by Crippen LogP contribution is -2.33. The number of anilines is 1. The second-order valence-corrected chi connectivity index (χ2v) is 7.70. The number of nitrogens with one attached hydrogen (secondary N) is 1. The van der Waals surface area contributed by atoms with Crippen molar-refractivity contribution in [3.05, 3.63) is 66.7 Å². The van der Waals surface area contributed by atoms with Gasteiger partial charge in [-0.3, -0.25) is 14.5 Å². The van der Waals surface area contributed by atoms with E-state index in [0.29, 0.717) is 23.1 Å². The van der Waals surface area contributed by atoms with E-state index in [1.807, 2.05) is 43.3 Å². The van der Waals surface area contributed by atoms with Crippen LogP contribution in [0.15, 0.2) is 66.2 Å². The fourth-order valence-corrected chi connectivity index (χ4v) is 4.04. The Morgan fingerprint density at radius 3 is 2.69 bits per heavy atom. The Kier molecular flexibility index (Phi) is 6.72. The number of para-hydroxylation sites is 2. The molecule has 29 heavy (non-hydrogen) atoms. The maximum Gasteiger partial charge on any atom is 0.242 e. The molecule has 1 heterocycles. The molecule has 150 valence electrons. The monoisotopic (exact) mass is 409 g/mol. The van der Waals surface area contributed by atoms with Gasteiger partial charge in [-0.05, 0) is 31.2 Å². The quantitative estimate of drug-likeness (QED) is 0.698. The molecule has 0 radical (unpaired) electrons. The Bertz CT molecular complexity index is 941. The first kappa shape index (κ1) is 20.7. The summed E-state index contributed by atoms with van der Waals surface area (Å²) in [6.45, 7) is 6.07. The van der Waals surface area contributed by atoms with Crippen LogP contribution in [0.2, 0.25) is 0 Å². The van der Waals surface area contributed by atoms with E-state index in [2.05, 4.69) is 16.9 Å². The SMILES string of the molecule is C=CCN1C(=O)[C@H](CC(=O)Nc2ccccc2OC)SC1=Nc1ccc(C)cc1. The van der Waals surface area contributed by atoms with Gasteiger partial charge in [0.15, 0.2) is 5.17 Å². The van der Waals surface area contributed by atoms with Crippen LogP contribution in [0, 0.1) is 6.92 Å². The van der Waals surface area contributed by atoms with E-state index >= 15 is 0 Å². The number of aryl methyl sites for hydroxylation is 1. The topological polar surface area (TPSA) is 71.0 Å². The Labute approximate surface area is 174 Å². The number of methoxy groups -OCH3 is 1. The van der Waals surface area contributed by atoms with Gasteiger partial charge in [0, 0.05) is 13.0 Å². The zero-order valence-electron chi connectivity index (χ0n) is 16.4. The number of aliphatic imine (C=N–C) groups is 1. The molecule has 3 rings (SSSR count). The minimum atomic E-state index is -0.533. The number of benzene rings is 2. The van der Waals surface area contributed by atoms with Crippen LogP contribution >= 0.6 is 11.8 Å². The van der Waals surface area contributed by atoms with Crippen LogP contribution in [0.25, 0.3) is 0 Å². The fraction of sp³-hybridized carbons (Fsp3) is 0.227. The summed E-state index contributed by atoms with van der Waals surface area (Å²) in [5.41, 5.74) is 2.48. The maximum absolute atomic E-state index is 12.8. The van der Waals surface area contributed by atoms with Crippen molar-refractivity contribution in [2.45, 2.75) is 18.6 Å². The number of ether oxygens (including phenoxy) is 1. The van der Waals surface area contributed by atoms with E-state index in [1.54, 1.807) is 30.2 Å². The number of thioether (sulfide) groups is 1. The lowest BCUT2D eigenvalue weighted by molar-refractivity contribution is -0.127.